The maximum Gasteiger partial charge on any atom is 0.165 e. The first-order chi connectivity index (χ1) is 12.5. The monoisotopic (exact) mass is 354 g/mol. The lowest BCUT2D eigenvalue weighted by molar-refractivity contribution is 0.328. The van der Waals surface area contributed by atoms with Crippen molar-refractivity contribution in [1.82, 2.24) is 0 Å². The molecule has 0 atom stereocenters. The maximum absolute atomic E-state index is 14.5. The summed E-state index contributed by atoms with van der Waals surface area (Å²) in [7, 11) is 0. The summed E-state index contributed by atoms with van der Waals surface area (Å²) in [5, 5.41) is 0. The number of allylic oxidation sites excluding steroid dienone is 4. The lowest BCUT2D eigenvalue weighted by Crippen LogP contribution is -2.05. The third-order valence-electron chi connectivity index (χ3n) is 5.62. The quantitative estimate of drug-likeness (QED) is 0.479. The molecule has 0 amide bonds. The van der Waals surface area contributed by atoms with Gasteiger partial charge < -0.3 is 4.74 Å². The number of rotatable bonds is 7. The van der Waals surface area contributed by atoms with E-state index in [1.807, 2.05) is 19.9 Å². The van der Waals surface area contributed by atoms with Gasteiger partial charge in [-0.15, -0.1) is 6.58 Å². The molecule has 26 heavy (non-hydrogen) atoms. The van der Waals surface area contributed by atoms with E-state index < -0.39 is 0 Å². The van der Waals surface area contributed by atoms with Crippen LogP contribution >= 0.6 is 0 Å². The van der Waals surface area contributed by atoms with Crippen LogP contribution in [0.4, 0.5) is 4.39 Å². The maximum atomic E-state index is 14.5. The summed E-state index contributed by atoms with van der Waals surface area (Å²) in [6.45, 7) is 8.50. The first-order valence-corrected chi connectivity index (χ1v) is 10.0. The standard InChI is InChI=1S/C24H31FO/c1-17(2)12-13-20-15-23(25)24(14-18(20)3)26-16-21-10-7-11-22(21)19-8-5-4-6-9-19/h8,14-15H,1,4-7,9-13,16H2,2-3H3. The molecular formula is C24H31FO. The molecule has 0 N–H and O–H groups in total. The van der Waals surface area contributed by atoms with Crippen LogP contribution in [0, 0.1) is 12.7 Å². The highest BCUT2D eigenvalue weighted by molar-refractivity contribution is 5.41. The van der Waals surface area contributed by atoms with Crippen molar-refractivity contribution in [2.45, 2.75) is 71.6 Å². The number of benzene rings is 1. The van der Waals surface area contributed by atoms with E-state index in [0.29, 0.717) is 12.4 Å². The first-order valence-electron chi connectivity index (χ1n) is 10.0. The second-order valence-electron chi connectivity index (χ2n) is 7.87. The zero-order valence-corrected chi connectivity index (χ0v) is 16.3. The summed E-state index contributed by atoms with van der Waals surface area (Å²) in [6.07, 6.45) is 12.6. The van der Waals surface area contributed by atoms with Gasteiger partial charge in [0.2, 0.25) is 0 Å². The highest BCUT2D eigenvalue weighted by Gasteiger charge is 2.20. The largest absolute Gasteiger partial charge is 0.486 e. The van der Waals surface area contributed by atoms with Crippen molar-refractivity contribution in [3.63, 3.8) is 0 Å². The molecule has 0 bridgehead atoms. The predicted octanol–water partition coefficient (Wildman–Crippen LogP) is 7.00. The second kappa shape index (κ2) is 8.70. The highest BCUT2D eigenvalue weighted by Crippen LogP contribution is 2.36. The minimum atomic E-state index is -0.246. The van der Waals surface area contributed by atoms with Crippen LogP contribution in [0.1, 0.15) is 69.4 Å². The predicted molar refractivity (Wildman–Crippen MR) is 107 cm³/mol. The van der Waals surface area contributed by atoms with E-state index in [-0.39, 0.29) is 5.82 Å². The molecule has 1 aromatic carbocycles. The summed E-state index contributed by atoms with van der Waals surface area (Å²) in [5.74, 6) is 0.141. The zero-order valence-electron chi connectivity index (χ0n) is 16.3. The molecule has 2 aliphatic carbocycles. The van der Waals surface area contributed by atoms with Gasteiger partial charge in [0.1, 0.15) is 6.61 Å². The molecule has 0 saturated carbocycles. The van der Waals surface area contributed by atoms with E-state index >= 15 is 0 Å². The number of hydrogen-bond acceptors (Lipinski definition) is 1. The Kier molecular flexibility index (Phi) is 6.34. The van der Waals surface area contributed by atoms with Crippen molar-refractivity contribution in [3.05, 3.63) is 64.0 Å². The van der Waals surface area contributed by atoms with E-state index in [9.17, 15) is 4.39 Å². The number of hydrogen-bond donors (Lipinski definition) is 0. The Morgan fingerprint density at radius 2 is 2.00 bits per heavy atom. The molecule has 0 radical (unpaired) electrons. The van der Waals surface area contributed by atoms with E-state index in [1.165, 1.54) is 48.8 Å². The van der Waals surface area contributed by atoms with Gasteiger partial charge in [-0.25, -0.2) is 4.39 Å². The van der Waals surface area contributed by atoms with E-state index in [2.05, 4.69) is 12.7 Å². The Hall–Kier alpha value is -1.83. The minimum Gasteiger partial charge on any atom is -0.486 e. The topological polar surface area (TPSA) is 9.23 Å². The van der Waals surface area contributed by atoms with Crippen LogP contribution in [0.2, 0.25) is 0 Å². The molecule has 0 heterocycles. The molecule has 0 aromatic heterocycles. The first kappa shape index (κ1) is 18.9. The molecule has 2 aliphatic rings. The van der Waals surface area contributed by atoms with Crippen LogP contribution in [0.3, 0.4) is 0 Å². The van der Waals surface area contributed by atoms with Gasteiger partial charge in [0, 0.05) is 0 Å². The minimum absolute atomic E-state index is 0.246. The van der Waals surface area contributed by atoms with Gasteiger partial charge >= 0.3 is 0 Å². The summed E-state index contributed by atoms with van der Waals surface area (Å²) in [6, 6.07) is 3.50. The van der Waals surface area contributed by atoms with Crippen LogP contribution < -0.4 is 4.74 Å². The fourth-order valence-electron chi connectivity index (χ4n) is 4.05. The normalized spacial score (nSPS) is 17.4. The molecule has 140 valence electrons. The van der Waals surface area contributed by atoms with Gasteiger partial charge in [-0.1, -0.05) is 11.6 Å². The number of ether oxygens (including phenoxy) is 1. The Morgan fingerprint density at radius 3 is 2.73 bits per heavy atom. The van der Waals surface area contributed by atoms with E-state index in [4.69, 9.17) is 4.74 Å². The van der Waals surface area contributed by atoms with Crippen molar-refractivity contribution < 1.29 is 9.13 Å². The Labute approximate surface area is 157 Å². The number of halogens is 1. The molecular weight excluding hydrogens is 323 g/mol. The van der Waals surface area contributed by atoms with Crippen molar-refractivity contribution in [1.29, 1.82) is 0 Å². The highest BCUT2D eigenvalue weighted by atomic mass is 19.1. The second-order valence-corrected chi connectivity index (χ2v) is 7.87. The van der Waals surface area contributed by atoms with Gasteiger partial charge in [0.25, 0.3) is 0 Å². The van der Waals surface area contributed by atoms with Gasteiger partial charge in [-0.3, -0.25) is 0 Å². The zero-order chi connectivity index (χ0) is 18.5. The van der Waals surface area contributed by atoms with Crippen molar-refractivity contribution in [2.75, 3.05) is 6.61 Å². The fraction of sp³-hybridized carbons (Fsp3) is 0.500. The molecule has 0 aliphatic heterocycles. The van der Waals surface area contributed by atoms with Gasteiger partial charge in [0.15, 0.2) is 11.6 Å². The van der Waals surface area contributed by atoms with Crippen LogP contribution in [0.5, 0.6) is 5.75 Å². The molecule has 1 nitrogen and oxygen atoms in total. The summed E-state index contributed by atoms with van der Waals surface area (Å²) < 4.78 is 20.4. The average Bonchev–Trinajstić information content (AvgIpc) is 3.10. The average molecular weight is 355 g/mol. The van der Waals surface area contributed by atoms with Crippen LogP contribution in [0.15, 0.2) is 47.1 Å². The Bertz CT molecular complexity index is 739. The van der Waals surface area contributed by atoms with Gasteiger partial charge in [-0.2, -0.15) is 0 Å². The Morgan fingerprint density at radius 1 is 1.15 bits per heavy atom. The molecule has 1 aromatic rings. The summed E-state index contributed by atoms with van der Waals surface area (Å²) >= 11 is 0. The molecule has 0 fully saturated rings. The summed E-state index contributed by atoms with van der Waals surface area (Å²) in [4.78, 5) is 0. The Balaban J connectivity index is 1.70. The van der Waals surface area contributed by atoms with E-state index in [1.54, 1.807) is 6.07 Å². The lowest BCUT2D eigenvalue weighted by atomic mass is 9.91. The van der Waals surface area contributed by atoms with Gasteiger partial charge in [-0.05, 0) is 112 Å². The van der Waals surface area contributed by atoms with Crippen molar-refractivity contribution in [2.24, 2.45) is 0 Å². The smallest absolute Gasteiger partial charge is 0.165 e. The third kappa shape index (κ3) is 4.66. The molecule has 3 rings (SSSR count). The molecule has 0 saturated heterocycles. The van der Waals surface area contributed by atoms with Crippen LogP contribution in [-0.4, -0.2) is 6.61 Å². The van der Waals surface area contributed by atoms with Crippen LogP contribution in [0.25, 0.3) is 0 Å². The molecule has 2 heteroatoms. The molecule has 0 unspecified atom stereocenters. The number of aryl methyl sites for hydroxylation is 2. The summed E-state index contributed by atoms with van der Waals surface area (Å²) in [5.41, 5.74) is 7.67. The van der Waals surface area contributed by atoms with Crippen molar-refractivity contribution >= 4 is 0 Å². The molecule has 0 spiro atoms. The lowest BCUT2D eigenvalue weighted by Gasteiger charge is -2.17. The fourth-order valence-corrected chi connectivity index (χ4v) is 4.05. The van der Waals surface area contributed by atoms with Crippen molar-refractivity contribution in [3.8, 4) is 5.75 Å². The SMILES string of the molecule is C=C(C)CCc1cc(F)c(OCC2=C(C3=CCCCC3)CCC2)cc1C. The third-order valence-corrected chi connectivity index (χ3v) is 5.62. The van der Waals surface area contributed by atoms with E-state index in [0.717, 1.165) is 42.4 Å². The van der Waals surface area contributed by atoms with Gasteiger partial charge in [0.05, 0.1) is 0 Å². The van der Waals surface area contributed by atoms with Crippen LogP contribution in [-0.2, 0) is 6.42 Å².